The third kappa shape index (κ3) is 3.68. The predicted octanol–water partition coefficient (Wildman–Crippen LogP) is 5.08. The Morgan fingerprint density at radius 1 is 0.677 bits per heavy atom. The Labute approximate surface area is 179 Å². The lowest BCUT2D eigenvalue weighted by molar-refractivity contribution is -0.144. The highest BCUT2D eigenvalue weighted by atomic mass is 16.2. The molecule has 0 heterocycles. The zero-order valence-electron chi connectivity index (χ0n) is 17.0. The van der Waals surface area contributed by atoms with Crippen LogP contribution in [0.3, 0.4) is 0 Å². The zero-order chi connectivity index (χ0) is 22.0. The molecule has 4 aromatic rings. The number of rotatable bonds is 7. The van der Waals surface area contributed by atoms with Crippen molar-refractivity contribution in [3.05, 3.63) is 96.1 Å². The van der Waals surface area contributed by atoms with E-state index in [0.29, 0.717) is 21.9 Å². The number of carbonyl (C=O) groups is 4. The van der Waals surface area contributed by atoms with E-state index >= 15 is 0 Å². The Balaban J connectivity index is 1.94. The predicted molar refractivity (Wildman–Crippen MR) is 120 cm³/mol. The Morgan fingerprint density at radius 2 is 1.23 bits per heavy atom. The maximum absolute atomic E-state index is 13.8. The van der Waals surface area contributed by atoms with Gasteiger partial charge in [0.15, 0.2) is 5.78 Å². The number of ketones is 4. The smallest absolute Gasteiger partial charge is 0.265 e. The van der Waals surface area contributed by atoms with Crippen molar-refractivity contribution in [2.45, 2.75) is 19.3 Å². The molecular weight excluding hydrogens is 388 g/mol. The second-order valence-corrected chi connectivity index (χ2v) is 7.36. The maximum atomic E-state index is 13.8. The van der Waals surface area contributed by atoms with E-state index in [2.05, 4.69) is 0 Å². The SMILES string of the molecule is CCC(=O)C(=O)C(=O)C(C(=O)c1cccc2ccccc12)c1cccc2ccccc12. The Morgan fingerprint density at radius 3 is 1.90 bits per heavy atom. The van der Waals surface area contributed by atoms with Crippen molar-refractivity contribution in [1.82, 2.24) is 0 Å². The maximum Gasteiger partial charge on any atom is 0.265 e. The van der Waals surface area contributed by atoms with E-state index in [9.17, 15) is 19.2 Å². The Bertz CT molecular complexity index is 1340. The first kappa shape index (κ1) is 20.4. The van der Waals surface area contributed by atoms with Gasteiger partial charge >= 0.3 is 0 Å². The van der Waals surface area contributed by atoms with Crippen LogP contribution >= 0.6 is 0 Å². The van der Waals surface area contributed by atoms with Gasteiger partial charge in [0.1, 0.15) is 5.92 Å². The fourth-order valence-electron chi connectivity index (χ4n) is 3.93. The van der Waals surface area contributed by atoms with E-state index in [1.54, 1.807) is 24.3 Å². The molecule has 1 unspecified atom stereocenters. The van der Waals surface area contributed by atoms with Crippen LogP contribution in [-0.4, -0.2) is 23.1 Å². The molecule has 0 bridgehead atoms. The molecule has 0 saturated carbocycles. The van der Waals surface area contributed by atoms with Gasteiger partial charge in [-0.15, -0.1) is 0 Å². The lowest BCUT2D eigenvalue weighted by Crippen LogP contribution is -2.33. The van der Waals surface area contributed by atoms with Crippen LogP contribution in [0.5, 0.6) is 0 Å². The highest BCUT2D eigenvalue weighted by molar-refractivity contribution is 6.66. The standard InChI is InChI=1S/C27H20O4/c1-2-23(28)26(30)27(31)24(21-15-7-11-17-9-3-5-13-19(17)21)25(29)22-16-8-12-18-10-4-6-14-20(18)22/h3-16,24H,2H2,1H3. The summed E-state index contributed by atoms with van der Waals surface area (Å²) in [5, 5.41) is 3.10. The topological polar surface area (TPSA) is 68.3 Å². The lowest BCUT2D eigenvalue weighted by Gasteiger charge is -2.18. The molecule has 0 aliphatic carbocycles. The number of hydrogen-bond acceptors (Lipinski definition) is 4. The molecule has 0 saturated heterocycles. The van der Waals surface area contributed by atoms with E-state index in [1.165, 1.54) is 6.92 Å². The van der Waals surface area contributed by atoms with Crippen LogP contribution in [0.25, 0.3) is 21.5 Å². The van der Waals surface area contributed by atoms with Crippen LogP contribution in [0.4, 0.5) is 0 Å². The van der Waals surface area contributed by atoms with Crippen molar-refractivity contribution in [1.29, 1.82) is 0 Å². The van der Waals surface area contributed by atoms with Crippen LogP contribution < -0.4 is 0 Å². The van der Waals surface area contributed by atoms with Crippen molar-refractivity contribution in [3.8, 4) is 0 Å². The van der Waals surface area contributed by atoms with Crippen molar-refractivity contribution < 1.29 is 19.2 Å². The van der Waals surface area contributed by atoms with Gasteiger partial charge in [-0.2, -0.15) is 0 Å². The monoisotopic (exact) mass is 408 g/mol. The molecule has 0 aromatic heterocycles. The van der Waals surface area contributed by atoms with E-state index in [-0.39, 0.29) is 6.42 Å². The first-order chi connectivity index (χ1) is 15.0. The van der Waals surface area contributed by atoms with Gasteiger partial charge in [-0.05, 0) is 27.1 Å². The molecule has 0 radical (unpaired) electrons. The quantitative estimate of drug-likeness (QED) is 0.243. The van der Waals surface area contributed by atoms with E-state index in [4.69, 9.17) is 0 Å². The van der Waals surface area contributed by atoms with Crippen LogP contribution in [0.1, 0.15) is 35.2 Å². The molecule has 4 rings (SSSR count). The number of benzene rings is 4. The number of carbonyl (C=O) groups excluding carboxylic acids is 4. The minimum Gasteiger partial charge on any atom is -0.293 e. The van der Waals surface area contributed by atoms with Crippen molar-refractivity contribution >= 4 is 44.7 Å². The molecule has 4 aromatic carbocycles. The number of Topliss-reactive ketones (excluding diaryl/α,β-unsaturated/α-hetero) is 4. The van der Waals surface area contributed by atoms with Crippen molar-refractivity contribution in [3.63, 3.8) is 0 Å². The summed E-state index contributed by atoms with van der Waals surface area (Å²) in [6, 6.07) is 25.3. The van der Waals surface area contributed by atoms with Gasteiger partial charge in [-0.25, -0.2) is 0 Å². The molecule has 0 fully saturated rings. The van der Waals surface area contributed by atoms with Gasteiger partial charge in [-0.3, -0.25) is 19.2 Å². The van der Waals surface area contributed by atoms with Crippen LogP contribution in [0.15, 0.2) is 84.9 Å². The van der Waals surface area contributed by atoms with Gasteiger partial charge in [0.05, 0.1) is 0 Å². The fraction of sp³-hybridized carbons (Fsp3) is 0.111. The van der Waals surface area contributed by atoms with Gasteiger partial charge in [0.25, 0.3) is 5.78 Å². The van der Waals surface area contributed by atoms with Crippen LogP contribution in [-0.2, 0) is 14.4 Å². The number of fused-ring (bicyclic) bond motifs is 2. The Hall–Kier alpha value is -3.92. The molecule has 4 nitrogen and oxygen atoms in total. The summed E-state index contributed by atoms with van der Waals surface area (Å²) >= 11 is 0. The third-order valence-corrected chi connectivity index (χ3v) is 5.51. The van der Waals surface area contributed by atoms with Gasteiger partial charge < -0.3 is 0 Å². The molecule has 4 heteroatoms. The first-order valence-corrected chi connectivity index (χ1v) is 10.1. The summed E-state index contributed by atoms with van der Waals surface area (Å²) in [7, 11) is 0. The number of hydrogen-bond donors (Lipinski definition) is 0. The van der Waals surface area contributed by atoms with Crippen molar-refractivity contribution in [2.24, 2.45) is 0 Å². The molecule has 0 aliphatic heterocycles. The summed E-state index contributed by atoms with van der Waals surface area (Å²) in [4.78, 5) is 51.6. The Kier molecular flexibility index (Phi) is 5.54. The summed E-state index contributed by atoms with van der Waals surface area (Å²) < 4.78 is 0. The first-order valence-electron chi connectivity index (χ1n) is 10.1. The summed E-state index contributed by atoms with van der Waals surface area (Å²) in [5.41, 5.74) is 0.777. The van der Waals surface area contributed by atoms with Gasteiger partial charge in [0.2, 0.25) is 11.6 Å². The highest BCUT2D eigenvalue weighted by Gasteiger charge is 2.37. The summed E-state index contributed by atoms with van der Waals surface area (Å²) in [6.07, 6.45) is -0.0880. The van der Waals surface area contributed by atoms with Crippen molar-refractivity contribution in [2.75, 3.05) is 0 Å². The fourth-order valence-corrected chi connectivity index (χ4v) is 3.93. The zero-order valence-corrected chi connectivity index (χ0v) is 17.0. The van der Waals surface area contributed by atoms with E-state index in [0.717, 1.165) is 10.8 Å². The molecule has 0 aliphatic rings. The van der Waals surface area contributed by atoms with Gasteiger partial charge in [0, 0.05) is 12.0 Å². The molecule has 0 amide bonds. The van der Waals surface area contributed by atoms with E-state index < -0.39 is 29.1 Å². The molecule has 1 atom stereocenters. The van der Waals surface area contributed by atoms with Crippen LogP contribution in [0.2, 0.25) is 0 Å². The van der Waals surface area contributed by atoms with Gasteiger partial charge in [-0.1, -0.05) is 91.9 Å². The third-order valence-electron chi connectivity index (χ3n) is 5.51. The lowest BCUT2D eigenvalue weighted by atomic mass is 9.81. The second-order valence-electron chi connectivity index (χ2n) is 7.36. The minimum absolute atomic E-state index is 0.0880. The second kappa shape index (κ2) is 8.44. The molecule has 0 spiro atoms. The highest BCUT2D eigenvalue weighted by Crippen LogP contribution is 2.32. The molecule has 152 valence electrons. The average Bonchev–Trinajstić information content (AvgIpc) is 2.82. The largest absolute Gasteiger partial charge is 0.293 e. The molecular formula is C27H20O4. The average molecular weight is 408 g/mol. The minimum atomic E-state index is -1.39. The van der Waals surface area contributed by atoms with Crippen LogP contribution in [0, 0.1) is 0 Å². The summed E-state index contributed by atoms with van der Waals surface area (Å²) in [5.74, 6) is -4.79. The molecule has 31 heavy (non-hydrogen) atoms. The normalized spacial score (nSPS) is 11.9. The summed E-state index contributed by atoms with van der Waals surface area (Å²) in [6.45, 7) is 1.52. The molecule has 0 N–H and O–H groups in total. The van der Waals surface area contributed by atoms with E-state index in [1.807, 2.05) is 60.7 Å².